The van der Waals surface area contributed by atoms with Crippen LogP contribution in [0.15, 0.2) is 30.3 Å². The Morgan fingerprint density at radius 1 is 0.925 bits per heavy atom. The number of methoxy groups -OCH3 is 2. The van der Waals surface area contributed by atoms with Crippen LogP contribution in [0.4, 0.5) is 4.79 Å². The molecule has 2 aliphatic heterocycles. The SMILES string of the molecule is CCC(C)[C@@H]([C@@H](CC(=O)N1CCC[C@H]1[C@H](OC)[C@@H](C)C(=O)N[C@@H](Cc1ccccc1)C(=O)NCCNC(=O)CCCCC[C@@H]1NC(=O)N[C@@H]1C)OC)N(C)C(=O)[C@@H](NC(=O)C(C)(C)N)C(C)C. The van der Waals surface area contributed by atoms with Crippen molar-refractivity contribution < 1.29 is 43.0 Å². The van der Waals surface area contributed by atoms with Crippen molar-refractivity contribution in [1.29, 1.82) is 0 Å². The second-order valence-electron chi connectivity index (χ2n) is 19.5. The number of hydrogen-bond donors (Lipinski definition) is 7. The van der Waals surface area contributed by atoms with Crippen LogP contribution in [0, 0.1) is 17.8 Å². The van der Waals surface area contributed by atoms with E-state index < -0.39 is 65.6 Å². The van der Waals surface area contributed by atoms with Crippen LogP contribution < -0.4 is 37.6 Å². The fourth-order valence-corrected chi connectivity index (χ4v) is 9.12. The van der Waals surface area contributed by atoms with E-state index >= 15 is 0 Å². The molecular formula is C49H83N9O9. The van der Waals surface area contributed by atoms with E-state index in [1.165, 1.54) is 14.2 Å². The molecule has 2 saturated heterocycles. The average molecular weight is 942 g/mol. The molecule has 10 atom stereocenters. The third kappa shape index (κ3) is 17.0. The fraction of sp³-hybridized carbons (Fsp3) is 0.735. The van der Waals surface area contributed by atoms with E-state index in [-0.39, 0.29) is 73.6 Å². The third-order valence-electron chi connectivity index (χ3n) is 13.4. The van der Waals surface area contributed by atoms with Gasteiger partial charge in [-0.05, 0) is 63.9 Å². The van der Waals surface area contributed by atoms with Crippen LogP contribution in [-0.4, -0.2) is 146 Å². The molecule has 1 aromatic carbocycles. The van der Waals surface area contributed by atoms with Gasteiger partial charge in [0.1, 0.15) is 12.1 Å². The largest absolute Gasteiger partial charge is 0.379 e. The molecule has 8 N–H and O–H groups in total. The zero-order chi connectivity index (χ0) is 50.0. The summed E-state index contributed by atoms with van der Waals surface area (Å²) in [6.45, 7) is 15.4. The molecule has 0 radical (unpaired) electrons. The average Bonchev–Trinajstić information content (AvgIpc) is 3.90. The molecular weight excluding hydrogens is 859 g/mol. The summed E-state index contributed by atoms with van der Waals surface area (Å²) in [7, 11) is 4.72. The van der Waals surface area contributed by atoms with Gasteiger partial charge in [0.05, 0.1) is 48.2 Å². The fourth-order valence-electron chi connectivity index (χ4n) is 9.12. The number of likely N-dealkylation sites (tertiary alicyclic amines) is 1. The smallest absolute Gasteiger partial charge is 0.315 e. The first-order valence-electron chi connectivity index (χ1n) is 24.3. The monoisotopic (exact) mass is 942 g/mol. The van der Waals surface area contributed by atoms with Gasteiger partial charge < -0.3 is 56.9 Å². The van der Waals surface area contributed by atoms with Crippen LogP contribution in [0.3, 0.4) is 0 Å². The van der Waals surface area contributed by atoms with Crippen molar-refractivity contribution in [3.63, 3.8) is 0 Å². The number of ether oxygens (including phenoxy) is 2. The Morgan fingerprint density at radius 3 is 2.18 bits per heavy atom. The summed E-state index contributed by atoms with van der Waals surface area (Å²) < 4.78 is 12.0. The van der Waals surface area contributed by atoms with Crippen molar-refractivity contribution in [2.75, 3.05) is 40.9 Å². The molecule has 0 bridgehead atoms. The van der Waals surface area contributed by atoms with Gasteiger partial charge in [-0.3, -0.25) is 28.8 Å². The number of nitrogens with one attached hydrogen (secondary N) is 6. The van der Waals surface area contributed by atoms with Gasteiger partial charge in [-0.1, -0.05) is 84.2 Å². The minimum absolute atomic E-state index is 0.0369. The number of nitrogens with zero attached hydrogens (tertiary/aromatic N) is 2. The number of urea groups is 1. The number of rotatable bonds is 28. The van der Waals surface area contributed by atoms with Gasteiger partial charge >= 0.3 is 6.03 Å². The van der Waals surface area contributed by atoms with E-state index in [2.05, 4.69) is 31.9 Å². The predicted molar refractivity (Wildman–Crippen MR) is 257 cm³/mol. The summed E-state index contributed by atoms with van der Waals surface area (Å²) in [6.07, 6.45) is 4.43. The second kappa shape index (κ2) is 27.3. The first-order valence-corrected chi connectivity index (χ1v) is 24.3. The second-order valence-corrected chi connectivity index (χ2v) is 19.5. The minimum atomic E-state index is -1.19. The number of likely N-dealkylation sites (N-methyl/N-ethyl adjacent to an activating group) is 1. The molecule has 2 fully saturated rings. The summed E-state index contributed by atoms with van der Waals surface area (Å²) in [6, 6.07) is 6.66. The lowest BCUT2D eigenvalue weighted by atomic mass is 9.89. The van der Waals surface area contributed by atoms with E-state index in [0.29, 0.717) is 38.6 Å². The van der Waals surface area contributed by atoms with Crippen molar-refractivity contribution in [1.82, 2.24) is 41.7 Å². The molecule has 8 amide bonds. The molecule has 1 unspecified atom stereocenters. The lowest BCUT2D eigenvalue weighted by molar-refractivity contribution is -0.148. The van der Waals surface area contributed by atoms with Gasteiger partial charge in [-0.2, -0.15) is 0 Å². The summed E-state index contributed by atoms with van der Waals surface area (Å²) in [4.78, 5) is 96.5. The molecule has 3 rings (SSSR count). The van der Waals surface area contributed by atoms with Crippen molar-refractivity contribution >= 4 is 41.5 Å². The lowest BCUT2D eigenvalue weighted by Crippen LogP contribution is -2.60. The number of nitrogens with two attached hydrogens (primary N) is 1. The Kier molecular flexibility index (Phi) is 23.0. The summed E-state index contributed by atoms with van der Waals surface area (Å²) in [5, 5.41) is 17.3. The van der Waals surface area contributed by atoms with E-state index in [1.807, 2.05) is 65.0 Å². The Bertz CT molecular complexity index is 1780. The molecule has 2 heterocycles. The van der Waals surface area contributed by atoms with Crippen LogP contribution in [0.1, 0.15) is 119 Å². The molecule has 0 saturated carbocycles. The molecule has 0 spiro atoms. The van der Waals surface area contributed by atoms with Crippen molar-refractivity contribution in [2.24, 2.45) is 23.5 Å². The van der Waals surface area contributed by atoms with Gasteiger partial charge in [0, 0.05) is 59.8 Å². The normalized spacial score (nSPS) is 20.3. The van der Waals surface area contributed by atoms with Crippen molar-refractivity contribution in [3.8, 4) is 0 Å². The van der Waals surface area contributed by atoms with Crippen LogP contribution in [0.2, 0.25) is 0 Å². The summed E-state index contributed by atoms with van der Waals surface area (Å²) >= 11 is 0. The number of amides is 8. The summed E-state index contributed by atoms with van der Waals surface area (Å²) in [5.74, 6) is -2.96. The maximum absolute atomic E-state index is 14.3. The summed E-state index contributed by atoms with van der Waals surface area (Å²) in [5.41, 5.74) is 5.71. The third-order valence-corrected chi connectivity index (χ3v) is 13.4. The van der Waals surface area contributed by atoms with Gasteiger partial charge in [0.25, 0.3) is 0 Å². The molecule has 1 aromatic rings. The van der Waals surface area contributed by atoms with Crippen molar-refractivity contribution in [2.45, 2.75) is 174 Å². The van der Waals surface area contributed by atoms with Crippen molar-refractivity contribution in [3.05, 3.63) is 35.9 Å². The first kappa shape index (κ1) is 56.5. The standard InChI is InChI=1S/C49H83N9O9/c1-12-31(4)42(57(9)46(63)41(30(2)3)56-47(64)49(7,8)50)38(66-10)29-40(60)58-27-19-23-37(58)43(67-11)32(5)44(61)54-36(28-34-20-15-13-16-21-34)45(62)52-26-25-51-39(59)24-18-14-17-22-35-33(6)53-48(65)55-35/h13,15-16,20-21,30-33,35-38,41-43H,12,14,17-19,22-29,50H2,1-11H3,(H,51,59)(H,52,62)(H,54,61)(H,56,64)(H2,53,55,65)/t31?,32-,33-,35+,36+,37+,38-,41+,42+,43-/m1/s1. The lowest BCUT2D eigenvalue weighted by Gasteiger charge is -2.41. The van der Waals surface area contributed by atoms with E-state index in [4.69, 9.17) is 15.2 Å². The number of carbonyl (C=O) groups is 7. The van der Waals surface area contributed by atoms with E-state index in [0.717, 1.165) is 24.8 Å². The Labute approximate surface area is 399 Å². The quantitative estimate of drug-likeness (QED) is 0.0607. The number of carbonyl (C=O) groups excluding carboxylic acids is 7. The maximum atomic E-state index is 14.3. The van der Waals surface area contributed by atoms with Crippen LogP contribution >= 0.6 is 0 Å². The highest BCUT2D eigenvalue weighted by molar-refractivity contribution is 5.92. The van der Waals surface area contributed by atoms with Gasteiger partial charge in [-0.15, -0.1) is 0 Å². The molecule has 378 valence electrons. The highest BCUT2D eigenvalue weighted by atomic mass is 16.5. The first-order chi connectivity index (χ1) is 31.6. The zero-order valence-corrected chi connectivity index (χ0v) is 42.1. The van der Waals surface area contributed by atoms with Gasteiger partial charge in [0.2, 0.25) is 35.4 Å². The van der Waals surface area contributed by atoms with Crippen LogP contribution in [0.25, 0.3) is 0 Å². The Hall–Kier alpha value is -4.81. The maximum Gasteiger partial charge on any atom is 0.315 e. The van der Waals surface area contributed by atoms with E-state index in [1.54, 1.807) is 37.6 Å². The highest BCUT2D eigenvalue weighted by Crippen LogP contribution is 2.30. The topological polar surface area (TPSA) is 243 Å². The van der Waals surface area contributed by atoms with Crippen LogP contribution in [-0.2, 0) is 44.7 Å². The van der Waals surface area contributed by atoms with Gasteiger partial charge in [0.15, 0.2) is 0 Å². The number of benzene rings is 1. The minimum Gasteiger partial charge on any atom is -0.379 e. The molecule has 0 aromatic heterocycles. The number of unbranched alkanes of at least 4 members (excludes halogenated alkanes) is 2. The molecule has 18 heteroatoms. The van der Waals surface area contributed by atoms with Gasteiger partial charge in [-0.25, -0.2) is 4.79 Å². The molecule has 2 aliphatic rings. The van der Waals surface area contributed by atoms with Crippen LogP contribution in [0.5, 0.6) is 0 Å². The number of hydrogen-bond acceptors (Lipinski definition) is 10. The predicted octanol–water partition coefficient (Wildman–Crippen LogP) is 2.77. The Morgan fingerprint density at radius 2 is 1.60 bits per heavy atom. The Balaban J connectivity index is 1.65. The molecule has 18 nitrogen and oxygen atoms in total. The van der Waals surface area contributed by atoms with E-state index in [9.17, 15) is 33.6 Å². The highest BCUT2D eigenvalue weighted by Gasteiger charge is 2.43. The molecule has 67 heavy (non-hydrogen) atoms. The molecule has 0 aliphatic carbocycles. The zero-order valence-electron chi connectivity index (χ0n) is 42.1.